The van der Waals surface area contributed by atoms with Crippen molar-refractivity contribution in [2.24, 2.45) is 5.92 Å². The van der Waals surface area contributed by atoms with Crippen LogP contribution in [-0.4, -0.2) is 26.7 Å². The summed E-state index contributed by atoms with van der Waals surface area (Å²) in [6.45, 7) is 3.52. The summed E-state index contributed by atoms with van der Waals surface area (Å²) in [6, 6.07) is 4.27. The third-order valence-corrected chi connectivity index (χ3v) is 4.07. The van der Waals surface area contributed by atoms with E-state index in [-0.39, 0.29) is 0 Å². The second-order valence-corrected chi connectivity index (χ2v) is 5.92. The van der Waals surface area contributed by atoms with Crippen molar-refractivity contribution < 1.29 is 0 Å². The molecule has 0 atom stereocenters. The van der Waals surface area contributed by atoms with E-state index >= 15 is 0 Å². The summed E-state index contributed by atoms with van der Waals surface area (Å²) < 4.78 is 1.21. The van der Waals surface area contributed by atoms with Gasteiger partial charge >= 0.3 is 0 Å². The maximum Gasteiger partial charge on any atom is 0.0917 e. The normalized spacial score (nSPS) is 17.1. The molecule has 1 aliphatic rings. The van der Waals surface area contributed by atoms with Gasteiger partial charge in [0, 0.05) is 32.6 Å². The Morgan fingerprint density at radius 2 is 2.38 bits per heavy atom. The first kappa shape index (κ1) is 9.49. The lowest BCUT2D eigenvalue weighted by atomic mass is 10.0. The van der Waals surface area contributed by atoms with Crippen molar-refractivity contribution in [3.05, 3.63) is 15.9 Å². The maximum absolute atomic E-state index is 3.48. The topological polar surface area (TPSA) is 15.3 Å². The summed E-state index contributed by atoms with van der Waals surface area (Å²) in [5, 5.41) is 4.64. The summed E-state index contributed by atoms with van der Waals surface area (Å²) in [5.74, 6) is 0.839. The lowest BCUT2D eigenvalue weighted by Crippen LogP contribution is -2.47. The Kier molecular flexibility index (Phi) is 2.91. The highest BCUT2D eigenvalue weighted by Crippen LogP contribution is 2.29. The van der Waals surface area contributed by atoms with Gasteiger partial charge in [0.05, 0.1) is 8.79 Å². The van der Waals surface area contributed by atoms with Crippen LogP contribution in [0.25, 0.3) is 0 Å². The molecule has 0 unspecified atom stereocenters. The Bertz CT molecular complexity index is 283. The summed E-state index contributed by atoms with van der Waals surface area (Å²) in [5.41, 5.74) is 0. The van der Waals surface area contributed by atoms with E-state index in [1.807, 2.05) is 0 Å². The molecule has 0 radical (unpaired) electrons. The lowest BCUT2D eigenvalue weighted by molar-refractivity contribution is 0.353. The van der Waals surface area contributed by atoms with Crippen LogP contribution in [0, 0.1) is 5.92 Å². The average molecular weight is 261 g/mol. The first-order valence-electron chi connectivity index (χ1n) is 4.43. The number of nitrogens with one attached hydrogen (secondary N) is 1. The minimum Gasteiger partial charge on any atom is -0.366 e. The number of halogens is 1. The van der Waals surface area contributed by atoms with Gasteiger partial charge in [0.2, 0.25) is 0 Å². The zero-order valence-corrected chi connectivity index (χ0v) is 9.99. The van der Waals surface area contributed by atoms with Crippen molar-refractivity contribution in [1.29, 1.82) is 0 Å². The molecule has 0 saturated carbocycles. The van der Waals surface area contributed by atoms with Crippen LogP contribution in [0.2, 0.25) is 0 Å². The van der Waals surface area contributed by atoms with Crippen LogP contribution in [-0.2, 0) is 0 Å². The van der Waals surface area contributed by atoms with Crippen LogP contribution in [0.5, 0.6) is 0 Å². The minimum atomic E-state index is 0.839. The predicted octanol–water partition coefficient (Wildman–Crippen LogP) is 2.17. The molecule has 1 saturated heterocycles. The first-order chi connectivity index (χ1) is 6.25. The molecular weight excluding hydrogens is 248 g/mol. The first-order valence-corrected chi connectivity index (χ1v) is 6.04. The van der Waals surface area contributed by atoms with Gasteiger partial charge in [-0.2, -0.15) is 0 Å². The zero-order valence-electron chi connectivity index (χ0n) is 7.59. The standard InChI is InChI=1S/C9H13BrN2S/c1-12(6-7-4-11-5-7)9-3-2-8(10)13-9/h2-3,7,11H,4-6H2,1H3. The zero-order chi connectivity index (χ0) is 9.26. The average Bonchev–Trinajstić information content (AvgIpc) is 2.44. The van der Waals surface area contributed by atoms with Crippen LogP contribution >= 0.6 is 27.3 Å². The molecule has 1 aromatic heterocycles. The Morgan fingerprint density at radius 3 is 2.85 bits per heavy atom. The molecule has 1 N–H and O–H groups in total. The molecule has 2 rings (SSSR count). The van der Waals surface area contributed by atoms with E-state index in [1.165, 1.54) is 28.4 Å². The number of hydrogen-bond donors (Lipinski definition) is 1. The third kappa shape index (κ3) is 2.24. The number of nitrogens with zero attached hydrogens (tertiary/aromatic N) is 1. The molecule has 4 heteroatoms. The van der Waals surface area contributed by atoms with Crippen molar-refractivity contribution in [1.82, 2.24) is 5.32 Å². The van der Waals surface area contributed by atoms with Gasteiger partial charge in [-0.05, 0) is 28.1 Å². The van der Waals surface area contributed by atoms with Gasteiger partial charge in [0.1, 0.15) is 0 Å². The van der Waals surface area contributed by atoms with Crippen LogP contribution in [0.15, 0.2) is 15.9 Å². The predicted molar refractivity (Wildman–Crippen MR) is 61.6 cm³/mol. The van der Waals surface area contributed by atoms with Gasteiger partial charge < -0.3 is 10.2 Å². The van der Waals surface area contributed by atoms with Crippen molar-refractivity contribution in [3.63, 3.8) is 0 Å². The van der Waals surface area contributed by atoms with Gasteiger partial charge in [-0.15, -0.1) is 11.3 Å². The Labute approximate surface area is 91.1 Å². The molecule has 1 aliphatic heterocycles. The number of rotatable bonds is 3. The molecule has 0 aromatic carbocycles. The van der Waals surface area contributed by atoms with Crippen molar-refractivity contribution in [2.45, 2.75) is 0 Å². The lowest BCUT2D eigenvalue weighted by Gasteiger charge is -2.31. The fourth-order valence-corrected chi connectivity index (χ4v) is 2.80. The Hall–Kier alpha value is -0.0600. The molecule has 72 valence electrons. The maximum atomic E-state index is 3.48. The highest BCUT2D eigenvalue weighted by Gasteiger charge is 2.18. The second-order valence-electron chi connectivity index (χ2n) is 3.48. The summed E-state index contributed by atoms with van der Waals surface area (Å²) in [7, 11) is 2.16. The van der Waals surface area contributed by atoms with E-state index in [0.717, 1.165) is 5.92 Å². The molecule has 0 aliphatic carbocycles. The van der Waals surface area contributed by atoms with Gasteiger partial charge in [-0.25, -0.2) is 0 Å². The fourth-order valence-electron chi connectivity index (χ4n) is 1.46. The van der Waals surface area contributed by atoms with Crippen LogP contribution < -0.4 is 10.2 Å². The molecule has 2 heterocycles. The monoisotopic (exact) mass is 260 g/mol. The minimum absolute atomic E-state index is 0.839. The Morgan fingerprint density at radius 1 is 1.62 bits per heavy atom. The number of thiophene rings is 1. The number of hydrogen-bond acceptors (Lipinski definition) is 3. The summed E-state index contributed by atoms with van der Waals surface area (Å²) in [4.78, 5) is 2.33. The van der Waals surface area contributed by atoms with E-state index in [2.05, 4.69) is 45.3 Å². The number of anilines is 1. The van der Waals surface area contributed by atoms with E-state index in [9.17, 15) is 0 Å². The molecule has 1 fully saturated rings. The third-order valence-electron chi connectivity index (χ3n) is 2.33. The van der Waals surface area contributed by atoms with Crippen LogP contribution in [0.1, 0.15) is 0 Å². The molecule has 0 amide bonds. The molecule has 2 nitrogen and oxygen atoms in total. The van der Waals surface area contributed by atoms with Crippen molar-refractivity contribution in [2.75, 3.05) is 31.6 Å². The van der Waals surface area contributed by atoms with Gasteiger partial charge in [0.15, 0.2) is 0 Å². The second kappa shape index (κ2) is 3.98. The van der Waals surface area contributed by atoms with Crippen molar-refractivity contribution >= 4 is 32.3 Å². The molecule has 13 heavy (non-hydrogen) atoms. The SMILES string of the molecule is CN(CC1CNC1)c1ccc(Br)s1. The van der Waals surface area contributed by atoms with Crippen molar-refractivity contribution in [3.8, 4) is 0 Å². The van der Waals surface area contributed by atoms with E-state index in [0.29, 0.717) is 0 Å². The molecule has 0 spiro atoms. The van der Waals surface area contributed by atoms with Crippen LogP contribution in [0.3, 0.4) is 0 Å². The fraction of sp³-hybridized carbons (Fsp3) is 0.556. The van der Waals surface area contributed by atoms with E-state index in [4.69, 9.17) is 0 Å². The van der Waals surface area contributed by atoms with Gasteiger partial charge in [-0.3, -0.25) is 0 Å². The molecular formula is C9H13BrN2S. The largest absolute Gasteiger partial charge is 0.366 e. The van der Waals surface area contributed by atoms with Gasteiger partial charge in [-0.1, -0.05) is 0 Å². The quantitative estimate of drug-likeness (QED) is 0.897. The van der Waals surface area contributed by atoms with E-state index in [1.54, 1.807) is 11.3 Å². The van der Waals surface area contributed by atoms with Gasteiger partial charge in [0.25, 0.3) is 0 Å². The summed E-state index contributed by atoms with van der Waals surface area (Å²) >= 11 is 5.27. The molecule has 0 bridgehead atoms. The molecule has 1 aromatic rings. The smallest absolute Gasteiger partial charge is 0.0917 e. The highest BCUT2D eigenvalue weighted by molar-refractivity contribution is 9.11. The summed E-state index contributed by atoms with van der Waals surface area (Å²) in [6.07, 6.45) is 0. The van der Waals surface area contributed by atoms with Crippen LogP contribution in [0.4, 0.5) is 5.00 Å². The Balaban J connectivity index is 1.92. The van der Waals surface area contributed by atoms with E-state index < -0.39 is 0 Å². The highest BCUT2D eigenvalue weighted by atomic mass is 79.9.